The quantitative estimate of drug-likeness (QED) is 0.466. The number of hydrogen-bond acceptors (Lipinski definition) is 6. The van der Waals surface area contributed by atoms with Crippen LogP contribution in [0.1, 0.15) is 38.2 Å². The molecule has 2 heterocycles. The lowest BCUT2D eigenvalue weighted by Crippen LogP contribution is -2.30. The molecule has 1 saturated carbocycles. The molecule has 0 spiro atoms. The molecule has 0 atom stereocenters. The van der Waals surface area contributed by atoms with E-state index in [9.17, 15) is 4.79 Å². The van der Waals surface area contributed by atoms with Gasteiger partial charge in [-0.25, -0.2) is 9.67 Å². The third-order valence-electron chi connectivity index (χ3n) is 5.84. The topological polar surface area (TPSA) is 69.0 Å². The van der Waals surface area contributed by atoms with Crippen molar-refractivity contribution in [2.24, 2.45) is 5.92 Å². The number of esters is 1. The summed E-state index contributed by atoms with van der Waals surface area (Å²) in [6, 6.07) is 6.58. The molecule has 1 aliphatic carbocycles. The molecule has 1 N–H and O–H groups in total. The third-order valence-corrected chi connectivity index (χ3v) is 6.19. The predicted octanol–water partition coefficient (Wildman–Crippen LogP) is 4.75. The number of rotatable bonds is 6. The number of nitrogens with one attached hydrogen (secondary N) is 1. The molecule has 154 valence electrons. The fraction of sp³-hybridized carbons (Fsp3) is 0.500. The summed E-state index contributed by atoms with van der Waals surface area (Å²) in [5.41, 5.74) is 4.24. The fourth-order valence-electron chi connectivity index (χ4n) is 4.29. The SMILES string of the molecule is CCn1ncc2c(NC3CCC(C(=O)OCSC)CC3)c3c(C)cccc3nc21. The van der Waals surface area contributed by atoms with E-state index in [2.05, 4.69) is 42.5 Å². The van der Waals surface area contributed by atoms with E-state index in [-0.39, 0.29) is 11.9 Å². The second-order valence-electron chi connectivity index (χ2n) is 7.72. The molecule has 3 aromatic rings. The van der Waals surface area contributed by atoms with Crippen LogP contribution in [0.2, 0.25) is 0 Å². The first-order chi connectivity index (χ1) is 14.1. The van der Waals surface area contributed by atoms with Gasteiger partial charge in [0.2, 0.25) is 0 Å². The monoisotopic (exact) mass is 412 g/mol. The summed E-state index contributed by atoms with van der Waals surface area (Å²) in [6.07, 6.45) is 7.51. The van der Waals surface area contributed by atoms with Crippen LogP contribution in [-0.2, 0) is 16.1 Å². The van der Waals surface area contributed by atoms with Crippen LogP contribution in [0.4, 0.5) is 5.69 Å². The van der Waals surface area contributed by atoms with Gasteiger partial charge in [0.1, 0.15) is 5.94 Å². The molecule has 0 saturated heterocycles. The summed E-state index contributed by atoms with van der Waals surface area (Å²) < 4.78 is 7.26. The van der Waals surface area contributed by atoms with E-state index < -0.39 is 0 Å². The van der Waals surface area contributed by atoms with Crippen molar-refractivity contribution in [3.63, 3.8) is 0 Å². The minimum atomic E-state index is -0.0467. The van der Waals surface area contributed by atoms with Crippen molar-refractivity contribution < 1.29 is 9.53 Å². The molecule has 7 heteroatoms. The van der Waals surface area contributed by atoms with E-state index in [0.717, 1.165) is 59.9 Å². The largest absolute Gasteiger partial charge is 0.454 e. The Hall–Kier alpha value is -2.28. The van der Waals surface area contributed by atoms with Gasteiger partial charge in [-0.2, -0.15) is 5.10 Å². The molecule has 6 nitrogen and oxygen atoms in total. The van der Waals surface area contributed by atoms with E-state index in [0.29, 0.717) is 12.0 Å². The molecule has 0 radical (unpaired) electrons. The lowest BCUT2D eigenvalue weighted by Gasteiger charge is -2.29. The minimum absolute atomic E-state index is 0.0268. The average Bonchev–Trinajstić information content (AvgIpc) is 3.15. The first-order valence-electron chi connectivity index (χ1n) is 10.3. The van der Waals surface area contributed by atoms with Gasteiger partial charge in [0.15, 0.2) is 5.65 Å². The molecule has 0 aliphatic heterocycles. The molecule has 0 bridgehead atoms. The van der Waals surface area contributed by atoms with Gasteiger partial charge >= 0.3 is 5.97 Å². The summed E-state index contributed by atoms with van der Waals surface area (Å²) in [7, 11) is 0. The number of benzene rings is 1. The van der Waals surface area contributed by atoms with Crippen LogP contribution < -0.4 is 5.32 Å². The number of nitrogens with zero attached hydrogens (tertiary/aromatic N) is 3. The molecule has 1 fully saturated rings. The number of aryl methyl sites for hydroxylation is 2. The zero-order valence-electron chi connectivity index (χ0n) is 17.3. The number of carbonyl (C=O) groups excluding carboxylic acids is 1. The molecule has 1 aliphatic rings. The second-order valence-corrected chi connectivity index (χ2v) is 8.53. The lowest BCUT2D eigenvalue weighted by atomic mass is 9.86. The Labute approximate surface area is 175 Å². The summed E-state index contributed by atoms with van der Waals surface area (Å²) in [6.45, 7) is 5.00. The Kier molecular flexibility index (Phi) is 5.94. The molecule has 2 aromatic heterocycles. The van der Waals surface area contributed by atoms with E-state index in [1.807, 2.05) is 17.1 Å². The van der Waals surface area contributed by atoms with Crippen LogP contribution in [0.3, 0.4) is 0 Å². The highest BCUT2D eigenvalue weighted by molar-refractivity contribution is 7.98. The number of carbonyl (C=O) groups is 1. The maximum atomic E-state index is 12.2. The molecule has 0 unspecified atom stereocenters. The Bertz CT molecular complexity index is 1020. The highest BCUT2D eigenvalue weighted by atomic mass is 32.2. The van der Waals surface area contributed by atoms with Crippen LogP contribution in [0.25, 0.3) is 21.9 Å². The smallest absolute Gasteiger partial charge is 0.309 e. The molecule has 0 amide bonds. The van der Waals surface area contributed by atoms with Gasteiger partial charge in [-0.15, -0.1) is 11.8 Å². The summed E-state index contributed by atoms with van der Waals surface area (Å²) in [5.74, 6) is 0.423. The number of fused-ring (bicyclic) bond motifs is 2. The van der Waals surface area contributed by atoms with Crippen molar-refractivity contribution in [2.75, 3.05) is 17.5 Å². The molecule has 4 rings (SSSR count). The first kappa shape index (κ1) is 20.0. The van der Waals surface area contributed by atoms with Gasteiger partial charge in [-0.1, -0.05) is 12.1 Å². The maximum absolute atomic E-state index is 12.2. The molecular formula is C22H28N4O2S. The Morgan fingerprint density at radius 1 is 1.31 bits per heavy atom. The van der Waals surface area contributed by atoms with Crippen molar-refractivity contribution in [3.05, 3.63) is 30.0 Å². The summed E-state index contributed by atoms with van der Waals surface area (Å²) in [4.78, 5) is 17.1. The highest BCUT2D eigenvalue weighted by Gasteiger charge is 2.28. The van der Waals surface area contributed by atoms with Crippen molar-refractivity contribution >= 4 is 45.4 Å². The molecule has 1 aromatic carbocycles. The van der Waals surface area contributed by atoms with Gasteiger partial charge in [0, 0.05) is 18.0 Å². The van der Waals surface area contributed by atoms with Crippen LogP contribution in [-0.4, -0.2) is 39.0 Å². The van der Waals surface area contributed by atoms with Crippen LogP contribution in [0.15, 0.2) is 24.4 Å². The summed E-state index contributed by atoms with van der Waals surface area (Å²) in [5, 5.41) is 10.6. The van der Waals surface area contributed by atoms with E-state index >= 15 is 0 Å². The lowest BCUT2D eigenvalue weighted by molar-refractivity contribution is -0.147. The number of anilines is 1. The molecular weight excluding hydrogens is 384 g/mol. The average molecular weight is 413 g/mol. The van der Waals surface area contributed by atoms with Crippen molar-refractivity contribution in [2.45, 2.75) is 52.1 Å². The van der Waals surface area contributed by atoms with E-state index in [4.69, 9.17) is 9.72 Å². The number of thioether (sulfide) groups is 1. The zero-order chi connectivity index (χ0) is 20.4. The number of hydrogen-bond donors (Lipinski definition) is 1. The predicted molar refractivity (Wildman–Crippen MR) is 119 cm³/mol. The standard InChI is InChI=1S/C22H28N4O2S/c1-4-26-21-17(12-23-26)20(19-14(2)6-5-7-18(19)25-21)24-16-10-8-15(9-11-16)22(27)28-13-29-3/h5-7,12,15-16H,4,8-11,13H2,1-3H3,(H,24,25). The Morgan fingerprint density at radius 2 is 2.10 bits per heavy atom. The minimum Gasteiger partial charge on any atom is -0.454 e. The first-order valence-corrected chi connectivity index (χ1v) is 11.7. The van der Waals surface area contributed by atoms with Gasteiger partial charge in [-0.05, 0) is 57.4 Å². The van der Waals surface area contributed by atoms with E-state index in [1.165, 1.54) is 17.3 Å². The normalized spacial score (nSPS) is 19.6. The van der Waals surface area contributed by atoms with Crippen molar-refractivity contribution in [3.8, 4) is 0 Å². The second kappa shape index (κ2) is 8.61. The van der Waals surface area contributed by atoms with Crippen LogP contribution in [0, 0.1) is 12.8 Å². The Balaban J connectivity index is 1.61. The highest BCUT2D eigenvalue weighted by Crippen LogP contribution is 2.36. The zero-order valence-corrected chi connectivity index (χ0v) is 18.1. The fourth-order valence-corrected chi connectivity index (χ4v) is 4.52. The van der Waals surface area contributed by atoms with E-state index in [1.54, 1.807) is 0 Å². The van der Waals surface area contributed by atoms with Gasteiger partial charge in [0.05, 0.1) is 28.7 Å². The van der Waals surface area contributed by atoms with Crippen LogP contribution in [0.5, 0.6) is 0 Å². The van der Waals surface area contributed by atoms with Crippen molar-refractivity contribution in [1.82, 2.24) is 14.8 Å². The van der Waals surface area contributed by atoms with Gasteiger partial charge in [-0.3, -0.25) is 4.79 Å². The number of aromatic nitrogens is 3. The summed E-state index contributed by atoms with van der Waals surface area (Å²) >= 11 is 1.53. The number of ether oxygens (including phenoxy) is 1. The van der Waals surface area contributed by atoms with Gasteiger partial charge in [0.25, 0.3) is 0 Å². The van der Waals surface area contributed by atoms with Crippen molar-refractivity contribution in [1.29, 1.82) is 0 Å². The van der Waals surface area contributed by atoms with Crippen LogP contribution >= 0.6 is 11.8 Å². The maximum Gasteiger partial charge on any atom is 0.309 e. The Morgan fingerprint density at radius 3 is 2.83 bits per heavy atom. The molecule has 29 heavy (non-hydrogen) atoms. The van der Waals surface area contributed by atoms with Gasteiger partial charge < -0.3 is 10.1 Å². The number of pyridine rings is 1. The third kappa shape index (κ3) is 3.92.